The topological polar surface area (TPSA) is 118 Å². The van der Waals surface area contributed by atoms with Gasteiger partial charge in [0.05, 0.1) is 34.2 Å². The second-order valence-electron chi connectivity index (χ2n) is 6.51. The van der Waals surface area contributed by atoms with E-state index < -0.39 is 43.5 Å². The van der Waals surface area contributed by atoms with Crippen LogP contribution in [0.5, 0.6) is 0 Å². The normalized spacial score (nSPS) is 21.9. The molecule has 0 unspecified atom stereocenters. The Balaban J connectivity index is 2.20. The zero-order valence-electron chi connectivity index (χ0n) is 14.4. The number of anilines is 2. The van der Waals surface area contributed by atoms with Gasteiger partial charge in [-0.05, 0) is 48.9 Å². The number of nitrogen functional groups attached to an aromatic ring is 1. The highest BCUT2D eigenvalue weighted by Gasteiger charge is 2.45. The molecule has 2 atom stereocenters. The van der Waals surface area contributed by atoms with Gasteiger partial charge in [0.25, 0.3) is 10.0 Å². The molecule has 2 aromatic carbocycles. The Morgan fingerprint density at radius 1 is 1.15 bits per heavy atom. The van der Waals surface area contributed by atoms with E-state index in [9.17, 15) is 21.9 Å². The monoisotopic (exact) mass is 430 g/mol. The quantitative estimate of drug-likeness (QED) is 0.711. The Kier molecular flexibility index (Phi) is 5.15. The molecule has 146 valence electrons. The molecule has 1 fully saturated rings. The van der Waals surface area contributed by atoms with Crippen LogP contribution in [0.1, 0.15) is 5.56 Å². The molecule has 0 radical (unpaired) electrons. The summed E-state index contributed by atoms with van der Waals surface area (Å²) in [4.78, 5) is -0.0525. The fourth-order valence-electron chi connectivity index (χ4n) is 3.12. The molecule has 3 rings (SSSR count). The third-order valence-corrected chi connectivity index (χ3v) is 8.36. The first-order valence-electron chi connectivity index (χ1n) is 8.06. The largest absolute Gasteiger partial charge is 0.399 e. The molecule has 0 spiro atoms. The Labute approximate surface area is 163 Å². The van der Waals surface area contributed by atoms with Crippen molar-refractivity contribution in [2.24, 2.45) is 0 Å². The van der Waals surface area contributed by atoms with Crippen molar-refractivity contribution in [2.45, 2.75) is 24.0 Å². The summed E-state index contributed by atoms with van der Waals surface area (Å²) in [7, 11) is -7.78. The van der Waals surface area contributed by atoms with Crippen molar-refractivity contribution in [1.29, 1.82) is 0 Å². The van der Waals surface area contributed by atoms with Crippen LogP contribution in [0.2, 0.25) is 5.02 Å². The lowest BCUT2D eigenvalue weighted by atomic mass is 10.2. The van der Waals surface area contributed by atoms with E-state index in [1.165, 1.54) is 30.3 Å². The lowest BCUT2D eigenvalue weighted by Gasteiger charge is -2.32. The van der Waals surface area contributed by atoms with Crippen LogP contribution in [0.4, 0.5) is 11.4 Å². The number of nitrogens with zero attached hydrogens (tertiary/aromatic N) is 1. The standard InChI is InChI=1S/C17H19ClN2O5S2/c1-11-2-3-12(18)8-17(11)27(24,25)20(14-6-4-13(19)5-7-14)15-9-26(22,23)10-16(15)21/h2-8,15-16,21H,9-10,19H2,1H3/t15-,16-/m1/s1. The molecule has 7 nitrogen and oxygen atoms in total. The highest BCUT2D eigenvalue weighted by Crippen LogP contribution is 2.33. The molecule has 27 heavy (non-hydrogen) atoms. The lowest BCUT2D eigenvalue weighted by Crippen LogP contribution is -2.47. The minimum atomic E-state index is -4.20. The number of hydrogen-bond donors (Lipinski definition) is 2. The van der Waals surface area contributed by atoms with Crippen molar-refractivity contribution in [3.05, 3.63) is 53.1 Å². The van der Waals surface area contributed by atoms with Gasteiger partial charge in [0.2, 0.25) is 0 Å². The smallest absolute Gasteiger partial charge is 0.265 e. The van der Waals surface area contributed by atoms with Gasteiger partial charge in [-0.25, -0.2) is 16.8 Å². The molecule has 3 N–H and O–H groups in total. The van der Waals surface area contributed by atoms with Gasteiger partial charge in [0.15, 0.2) is 9.84 Å². The molecule has 1 heterocycles. The summed E-state index contributed by atoms with van der Waals surface area (Å²) >= 11 is 5.98. The first kappa shape index (κ1) is 19.9. The van der Waals surface area contributed by atoms with Crippen LogP contribution in [0.25, 0.3) is 0 Å². The average Bonchev–Trinajstić information content (AvgIpc) is 2.84. The predicted molar refractivity (Wildman–Crippen MR) is 105 cm³/mol. The maximum atomic E-state index is 13.5. The van der Waals surface area contributed by atoms with Crippen molar-refractivity contribution in [2.75, 3.05) is 21.5 Å². The van der Waals surface area contributed by atoms with Crippen LogP contribution in [0, 0.1) is 6.92 Å². The minimum Gasteiger partial charge on any atom is -0.399 e. The summed E-state index contributed by atoms with van der Waals surface area (Å²) in [6.45, 7) is 1.62. The van der Waals surface area contributed by atoms with E-state index in [0.717, 1.165) is 4.31 Å². The molecule has 2 aromatic rings. The van der Waals surface area contributed by atoms with Crippen molar-refractivity contribution >= 4 is 42.8 Å². The number of nitrogens with two attached hydrogens (primary N) is 1. The van der Waals surface area contributed by atoms with Gasteiger partial charge in [-0.3, -0.25) is 4.31 Å². The van der Waals surface area contributed by atoms with Gasteiger partial charge in [0.1, 0.15) is 0 Å². The Morgan fingerprint density at radius 2 is 1.78 bits per heavy atom. The maximum absolute atomic E-state index is 13.5. The van der Waals surface area contributed by atoms with E-state index in [1.807, 2.05) is 0 Å². The van der Waals surface area contributed by atoms with Gasteiger partial charge in [-0.1, -0.05) is 17.7 Å². The van der Waals surface area contributed by atoms with Crippen LogP contribution in [-0.2, 0) is 19.9 Å². The van der Waals surface area contributed by atoms with E-state index in [-0.39, 0.29) is 15.6 Å². The van der Waals surface area contributed by atoms with Crippen LogP contribution >= 0.6 is 11.6 Å². The van der Waals surface area contributed by atoms with Gasteiger partial charge in [-0.15, -0.1) is 0 Å². The van der Waals surface area contributed by atoms with Gasteiger partial charge in [0, 0.05) is 10.7 Å². The Bertz CT molecular complexity index is 1070. The highest BCUT2D eigenvalue weighted by atomic mass is 35.5. The average molecular weight is 431 g/mol. The van der Waals surface area contributed by atoms with E-state index in [4.69, 9.17) is 17.3 Å². The molecule has 0 amide bonds. The van der Waals surface area contributed by atoms with Crippen molar-refractivity contribution < 1.29 is 21.9 Å². The number of aliphatic hydroxyl groups excluding tert-OH is 1. The number of rotatable bonds is 4. The first-order chi connectivity index (χ1) is 12.5. The molecule has 1 saturated heterocycles. The van der Waals surface area contributed by atoms with Crippen LogP contribution in [0.3, 0.4) is 0 Å². The summed E-state index contributed by atoms with van der Waals surface area (Å²) in [6.07, 6.45) is -1.35. The molecule has 0 saturated carbocycles. The number of benzene rings is 2. The van der Waals surface area contributed by atoms with Crippen LogP contribution in [0.15, 0.2) is 47.4 Å². The molecule has 0 bridgehead atoms. The summed E-state index contributed by atoms with van der Waals surface area (Å²) < 4.78 is 51.9. The summed E-state index contributed by atoms with van der Waals surface area (Å²) in [5.74, 6) is -0.968. The van der Waals surface area contributed by atoms with Crippen molar-refractivity contribution in [1.82, 2.24) is 0 Å². The second-order valence-corrected chi connectivity index (χ2v) is 10.9. The lowest BCUT2D eigenvalue weighted by molar-refractivity contribution is 0.184. The summed E-state index contributed by atoms with van der Waals surface area (Å²) in [5.41, 5.74) is 6.78. The number of hydrogen-bond acceptors (Lipinski definition) is 6. The van der Waals surface area contributed by atoms with E-state index >= 15 is 0 Å². The van der Waals surface area contributed by atoms with Crippen LogP contribution < -0.4 is 10.0 Å². The van der Waals surface area contributed by atoms with Crippen molar-refractivity contribution in [3.63, 3.8) is 0 Å². The third kappa shape index (κ3) is 3.91. The van der Waals surface area contributed by atoms with Gasteiger partial charge < -0.3 is 10.8 Å². The first-order valence-corrected chi connectivity index (χ1v) is 11.7. The summed E-state index contributed by atoms with van der Waals surface area (Å²) in [6, 6.07) is 9.27. The summed E-state index contributed by atoms with van der Waals surface area (Å²) in [5, 5.41) is 10.5. The Morgan fingerprint density at radius 3 is 2.33 bits per heavy atom. The van der Waals surface area contributed by atoms with Crippen molar-refractivity contribution in [3.8, 4) is 0 Å². The molecule has 10 heteroatoms. The Hall–Kier alpha value is -1.81. The third-order valence-electron chi connectivity index (χ3n) is 4.43. The van der Waals surface area contributed by atoms with Crippen LogP contribution in [-0.4, -0.2) is 45.6 Å². The number of sulfone groups is 1. The van der Waals surface area contributed by atoms with E-state index in [0.29, 0.717) is 11.3 Å². The zero-order valence-corrected chi connectivity index (χ0v) is 16.8. The second kappa shape index (κ2) is 6.97. The van der Waals surface area contributed by atoms with Gasteiger partial charge in [-0.2, -0.15) is 0 Å². The molecule has 1 aliphatic rings. The number of aryl methyl sites for hydroxylation is 1. The minimum absolute atomic E-state index is 0.0525. The molecule has 1 aliphatic heterocycles. The van der Waals surface area contributed by atoms with E-state index in [2.05, 4.69) is 0 Å². The molecular weight excluding hydrogens is 412 g/mol. The highest BCUT2D eigenvalue weighted by molar-refractivity contribution is 7.93. The SMILES string of the molecule is Cc1ccc(Cl)cc1S(=O)(=O)N(c1ccc(N)cc1)[C@@H]1CS(=O)(=O)C[C@H]1O. The predicted octanol–water partition coefficient (Wildman–Crippen LogP) is 1.58. The fraction of sp³-hybridized carbons (Fsp3) is 0.294. The fourth-order valence-corrected chi connectivity index (χ4v) is 7.16. The number of aliphatic hydroxyl groups is 1. The number of sulfonamides is 1. The maximum Gasteiger partial charge on any atom is 0.265 e. The molecule has 0 aliphatic carbocycles. The van der Waals surface area contributed by atoms with Gasteiger partial charge >= 0.3 is 0 Å². The molecular formula is C17H19ClN2O5S2. The zero-order chi connectivity index (χ0) is 20.0. The number of halogens is 1. The molecule has 0 aromatic heterocycles. The van der Waals surface area contributed by atoms with E-state index in [1.54, 1.807) is 19.1 Å².